The Balaban J connectivity index is 1.94. The van der Waals surface area contributed by atoms with Crippen LogP contribution in [0.5, 0.6) is 5.75 Å². The summed E-state index contributed by atoms with van der Waals surface area (Å²) in [5.41, 5.74) is 1.28. The first-order valence-corrected chi connectivity index (χ1v) is 11.5. The maximum atomic E-state index is 12.1. The standard InChI is InChI=1S/C22H34N4O2S/c1-5-7-8-13-23-21(27)16-29-22-25-24-20(26(22)14-17(3)4)15-28-19-11-9-18(6-2)10-12-19/h9-12,17H,5-8,13-16H2,1-4H3,(H,23,27). The summed E-state index contributed by atoms with van der Waals surface area (Å²) in [6.45, 7) is 10.5. The number of aryl methyl sites for hydroxylation is 1. The van der Waals surface area contributed by atoms with Gasteiger partial charge in [0.2, 0.25) is 5.91 Å². The Morgan fingerprint density at radius 3 is 2.59 bits per heavy atom. The van der Waals surface area contributed by atoms with Crippen molar-refractivity contribution < 1.29 is 9.53 Å². The van der Waals surface area contributed by atoms with Crippen molar-refractivity contribution in [2.24, 2.45) is 5.92 Å². The molecule has 160 valence electrons. The molecule has 7 heteroatoms. The second kappa shape index (κ2) is 12.5. The molecule has 0 saturated heterocycles. The van der Waals surface area contributed by atoms with Gasteiger partial charge in [0.1, 0.15) is 12.4 Å². The number of carbonyl (C=O) groups is 1. The highest BCUT2D eigenvalue weighted by atomic mass is 32.2. The van der Waals surface area contributed by atoms with Crippen LogP contribution in [0.2, 0.25) is 0 Å². The zero-order valence-electron chi connectivity index (χ0n) is 18.1. The summed E-state index contributed by atoms with van der Waals surface area (Å²) < 4.78 is 7.99. The summed E-state index contributed by atoms with van der Waals surface area (Å²) in [5, 5.41) is 12.4. The van der Waals surface area contributed by atoms with E-state index in [0.29, 0.717) is 18.3 Å². The molecule has 1 N–H and O–H groups in total. The summed E-state index contributed by atoms with van der Waals surface area (Å²) in [5.74, 6) is 2.43. The van der Waals surface area contributed by atoms with Crippen LogP contribution >= 0.6 is 11.8 Å². The molecule has 2 rings (SSSR count). The van der Waals surface area contributed by atoms with Gasteiger partial charge in [0.05, 0.1) is 5.75 Å². The average molecular weight is 419 g/mol. The highest BCUT2D eigenvalue weighted by molar-refractivity contribution is 7.99. The number of thioether (sulfide) groups is 1. The summed E-state index contributed by atoms with van der Waals surface area (Å²) >= 11 is 1.43. The van der Waals surface area contributed by atoms with Gasteiger partial charge in [-0.2, -0.15) is 0 Å². The number of hydrogen-bond donors (Lipinski definition) is 1. The zero-order valence-corrected chi connectivity index (χ0v) is 18.9. The molecule has 0 aliphatic rings. The first kappa shape index (κ1) is 23.3. The maximum absolute atomic E-state index is 12.1. The number of carbonyl (C=O) groups excluding carboxylic acids is 1. The van der Waals surface area contributed by atoms with E-state index in [1.807, 2.05) is 12.1 Å². The molecule has 0 fully saturated rings. The first-order chi connectivity index (χ1) is 14.0. The number of rotatable bonds is 13. The molecule has 0 unspecified atom stereocenters. The molecule has 0 spiro atoms. The quantitative estimate of drug-likeness (QED) is 0.384. The number of nitrogens with one attached hydrogen (secondary N) is 1. The summed E-state index contributed by atoms with van der Waals surface area (Å²) in [7, 11) is 0. The minimum absolute atomic E-state index is 0.0408. The predicted octanol–water partition coefficient (Wildman–Crippen LogP) is 4.47. The third kappa shape index (κ3) is 8.09. The highest BCUT2D eigenvalue weighted by Gasteiger charge is 2.16. The van der Waals surface area contributed by atoms with Crippen LogP contribution in [0.4, 0.5) is 0 Å². The molecule has 0 atom stereocenters. The van der Waals surface area contributed by atoms with Crippen LogP contribution in [0.1, 0.15) is 58.3 Å². The Bertz CT molecular complexity index is 744. The molecule has 1 amide bonds. The topological polar surface area (TPSA) is 69.0 Å². The van der Waals surface area contributed by atoms with Gasteiger partial charge in [-0.3, -0.25) is 4.79 Å². The maximum Gasteiger partial charge on any atom is 0.230 e. The Labute approximate surface area is 178 Å². The molecule has 0 aliphatic carbocycles. The van der Waals surface area contributed by atoms with Gasteiger partial charge in [-0.25, -0.2) is 0 Å². The van der Waals surface area contributed by atoms with Gasteiger partial charge in [-0.15, -0.1) is 10.2 Å². The smallest absolute Gasteiger partial charge is 0.230 e. The lowest BCUT2D eigenvalue weighted by Gasteiger charge is -2.13. The minimum Gasteiger partial charge on any atom is -0.486 e. The molecule has 1 aromatic carbocycles. The molecule has 2 aromatic rings. The van der Waals surface area contributed by atoms with Crippen molar-refractivity contribution in [3.63, 3.8) is 0 Å². The van der Waals surface area contributed by atoms with E-state index in [1.165, 1.54) is 17.3 Å². The van der Waals surface area contributed by atoms with Crippen LogP contribution in [-0.2, 0) is 24.4 Å². The van der Waals surface area contributed by atoms with E-state index in [0.717, 1.165) is 55.5 Å². The number of aromatic nitrogens is 3. The number of amides is 1. The van der Waals surface area contributed by atoms with Gasteiger partial charge in [-0.1, -0.05) is 64.4 Å². The SMILES string of the molecule is CCCCCNC(=O)CSc1nnc(COc2ccc(CC)cc2)n1CC(C)C. The fourth-order valence-electron chi connectivity index (χ4n) is 2.83. The van der Waals surface area contributed by atoms with Crippen LogP contribution in [0, 0.1) is 5.92 Å². The van der Waals surface area contributed by atoms with E-state index in [9.17, 15) is 4.79 Å². The van der Waals surface area contributed by atoms with E-state index < -0.39 is 0 Å². The van der Waals surface area contributed by atoms with Crippen LogP contribution < -0.4 is 10.1 Å². The van der Waals surface area contributed by atoms with Gasteiger partial charge < -0.3 is 14.6 Å². The number of ether oxygens (including phenoxy) is 1. The summed E-state index contributed by atoms with van der Waals surface area (Å²) in [6, 6.07) is 8.13. The van der Waals surface area contributed by atoms with E-state index in [2.05, 4.69) is 59.9 Å². The molecule has 1 heterocycles. The van der Waals surface area contributed by atoms with Gasteiger partial charge >= 0.3 is 0 Å². The largest absolute Gasteiger partial charge is 0.486 e. The van der Waals surface area contributed by atoms with E-state index in [4.69, 9.17) is 4.74 Å². The van der Waals surface area contributed by atoms with Gasteiger partial charge in [0.25, 0.3) is 0 Å². The molecule has 1 aromatic heterocycles. The lowest BCUT2D eigenvalue weighted by atomic mass is 10.2. The second-order valence-corrected chi connectivity index (χ2v) is 8.48. The fraction of sp³-hybridized carbons (Fsp3) is 0.591. The van der Waals surface area contributed by atoms with Gasteiger partial charge in [0.15, 0.2) is 11.0 Å². The van der Waals surface area contributed by atoms with E-state index >= 15 is 0 Å². The van der Waals surface area contributed by atoms with E-state index in [1.54, 1.807) is 0 Å². The molecule has 0 radical (unpaired) electrons. The Kier molecular flexibility index (Phi) is 10.0. The fourth-order valence-corrected chi connectivity index (χ4v) is 3.63. The lowest BCUT2D eigenvalue weighted by Crippen LogP contribution is -2.26. The minimum atomic E-state index is 0.0408. The Morgan fingerprint density at radius 1 is 1.17 bits per heavy atom. The molecule has 29 heavy (non-hydrogen) atoms. The predicted molar refractivity (Wildman–Crippen MR) is 118 cm³/mol. The normalized spacial score (nSPS) is 11.1. The third-order valence-corrected chi connectivity index (χ3v) is 5.44. The summed E-state index contributed by atoms with van der Waals surface area (Å²) in [4.78, 5) is 12.1. The van der Waals surface area contributed by atoms with Crippen LogP contribution in [0.25, 0.3) is 0 Å². The van der Waals surface area contributed by atoms with E-state index in [-0.39, 0.29) is 5.91 Å². The van der Waals surface area contributed by atoms with Crippen molar-refractivity contribution in [3.05, 3.63) is 35.7 Å². The molecular formula is C22H34N4O2S. The highest BCUT2D eigenvalue weighted by Crippen LogP contribution is 2.20. The average Bonchev–Trinajstić information content (AvgIpc) is 3.09. The third-order valence-electron chi connectivity index (χ3n) is 4.48. The Hall–Kier alpha value is -2.02. The molecule has 6 nitrogen and oxygen atoms in total. The number of benzene rings is 1. The number of hydrogen-bond acceptors (Lipinski definition) is 5. The molecule has 0 saturated carbocycles. The van der Waals surface area contributed by atoms with Crippen molar-refractivity contribution in [1.29, 1.82) is 0 Å². The zero-order chi connectivity index (χ0) is 21.1. The van der Waals surface area contributed by atoms with Crippen molar-refractivity contribution in [2.75, 3.05) is 12.3 Å². The number of unbranched alkanes of at least 4 members (excludes halogenated alkanes) is 2. The molecule has 0 bridgehead atoms. The Morgan fingerprint density at radius 2 is 1.93 bits per heavy atom. The second-order valence-electron chi connectivity index (χ2n) is 7.54. The first-order valence-electron chi connectivity index (χ1n) is 10.6. The van der Waals surface area contributed by atoms with Gasteiger partial charge in [0, 0.05) is 13.1 Å². The molecule has 0 aliphatic heterocycles. The monoisotopic (exact) mass is 418 g/mol. The van der Waals surface area contributed by atoms with Crippen molar-refractivity contribution in [2.45, 2.75) is 71.7 Å². The van der Waals surface area contributed by atoms with Crippen LogP contribution in [0.15, 0.2) is 29.4 Å². The van der Waals surface area contributed by atoms with Crippen molar-refractivity contribution in [3.8, 4) is 5.75 Å². The lowest BCUT2D eigenvalue weighted by molar-refractivity contribution is -0.118. The van der Waals surface area contributed by atoms with Crippen molar-refractivity contribution >= 4 is 17.7 Å². The number of nitrogens with zero attached hydrogens (tertiary/aromatic N) is 3. The van der Waals surface area contributed by atoms with Crippen LogP contribution in [-0.4, -0.2) is 33.0 Å². The van der Waals surface area contributed by atoms with Crippen molar-refractivity contribution in [1.82, 2.24) is 20.1 Å². The van der Waals surface area contributed by atoms with Crippen LogP contribution in [0.3, 0.4) is 0 Å². The summed E-state index contributed by atoms with van der Waals surface area (Å²) in [6.07, 6.45) is 4.32. The van der Waals surface area contributed by atoms with Gasteiger partial charge in [-0.05, 0) is 36.5 Å². The molecular weight excluding hydrogens is 384 g/mol.